The van der Waals surface area contributed by atoms with Crippen molar-refractivity contribution >= 4 is 63.7 Å². The largest absolute Gasteiger partial charge is 0.371 e. The Hall–Kier alpha value is -5.74. The summed E-state index contributed by atoms with van der Waals surface area (Å²) >= 11 is 1.49. The number of imide groups is 2. The smallest absolute Gasteiger partial charge is 0.263 e. The van der Waals surface area contributed by atoms with Gasteiger partial charge in [0, 0.05) is 70.1 Å². The highest BCUT2D eigenvalue weighted by atomic mass is 32.2. The number of fused-ring (bicyclic) bond motifs is 5. The zero-order valence-electron chi connectivity index (χ0n) is 33.0. The normalized spacial score (nSPS) is 18.9. The molecule has 13 heteroatoms. The number of ketones is 1. The van der Waals surface area contributed by atoms with Crippen LogP contribution in [-0.2, 0) is 26.2 Å². The maximum atomic E-state index is 14.1. The summed E-state index contributed by atoms with van der Waals surface area (Å²) in [4.78, 5) is 85.2. The molecule has 1 aromatic heterocycles. The minimum atomic E-state index is -0.996. The molecule has 0 spiro atoms. The Bertz CT molecular complexity index is 2450. The Labute approximate surface area is 341 Å². The molecule has 0 radical (unpaired) electrons. The molecule has 4 heterocycles. The molecule has 4 aliphatic rings. The van der Waals surface area contributed by atoms with Gasteiger partial charge in [0.2, 0.25) is 17.7 Å². The number of nitrogens with zero attached hydrogens (tertiary/aromatic N) is 3. The number of nitriles is 1. The number of aromatic amines is 1. The predicted molar refractivity (Wildman–Crippen MR) is 220 cm³/mol. The third-order valence-electron chi connectivity index (χ3n) is 12.2. The van der Waals surface area contributed by atoms with Crippen molar-refractivity contribution in [3.8, 4) is 6.07 Å². The van der Waals surface area contributed by atoms with E-state index in [1.807, 2.05) is 18.2 Å². The molecule has 1 aliphatic carbocycles. The van der Waals surface area contributed by atoms with E-state index in [1.165, 1.54) is 11.8 Å². The number of aryl methyl sites for hydroxylation is 1. The molecule has 58 heavy (non-hydrogen) atoms. The second kappa shape index (κ2) is 15.5. The van der Waals surface area contributed by atoms with Crippen LogP contribution in [-0.4, -0.2) is 76.1 Å². The topological polar surface area (TPSA) is 173 Å². The number of piperidine rings is 2. The second-order valence-corrected chi connectivity index (χ2v) is 17.3. The maximum Gasteiger partial charge on any atom is 0.263 e. The quantitative estimate of drug-likeness (QED) is 0.0893. The van der Waals surface area contributed by atoms with Gasteiger partial charge in [0.25, 0.3) is 11.8 Å². The van der Waals surface area contributed by atoms with E-state index in [1.54, 1.807) is 18.2 Å². The molecule has 5 amide bonds. The molecule has 0 saturated carbocycles. The van der Waals surface area contributed by atoms with Crippen LogP contribution in [0.15, 0.2) is 53.4 Å². The molecular formula is C45H46N6O6S. The van der Waals surface area contributed by atoms with Gasteiger partial charge in [-0.15, -0.1) is 11.8 Å². The molecule has 0 bridgehead atoms. The minimum Gasteiger partial charge on any atom is -0.371 e. The number of hydrogen-bond donors (Lipinski definition) is 3. The van der Waals surface area contributed by atoms with E-state index in [9.17, 15) is 34.0 Å². The van der Waals surface area contributed by atoms with E-state index in [2.05, 4.69) is 59.5 Å². The molecule has 298 valence electrons. The van der Waals surface area contributed by atoms with Crippen LogP contribution in [0, 0.1) is 11.3 Å². The number of thioether (sulfide) groups is 1. The summed E-state index contributed by atoms with van der Waals surface area (Å²) in [6.45, 7) is 7.99. The average molecular weight is 799 g/mol. The highest BCUT2D eigenvalue weighted by Gasteiger charge is 2.46. The van der Waals surface area contributed by atoms with E-state index in [0.717, 1.165) is 95.5 Å². The summed E-state index contributed by atoms with van der Waals surface area (Å²) < 4.78 is 0. The first kappa shape index (κ1) is 39.1. The van der Waals surface area contributed by atoms with Crippen molar-refractivity contribution in [1.29, 1.82) is 5.26 Å². The maximum absolute atomic E-state index is 14.1. The number of unbranched alkanes of at least 4 members (excludes halogenated alkanes) is 2. The summed E-state index contributed by atoms with van der Waals surface area (Å²) in [5.74, 6) is -1.29. The number of H-pyrrole nitrogens is 1. The molecule has 2 saturated heterocycles. The molecule has 1 unspecified atom stereocenters. The van der Waals surface area contributed by atoms with Crippen LogP contribution in [0.25, 0.3) is 10.9 Å². The Kier molecular flexibility index (Phi) is 10.5. The van der Waals surface area contributed by atoms with Crippen molar-refractivity contribution in [1.82, 2.24) is 20.5 Å². The average Bonchev–Trinajstić information content (AvgIpc) is 3.73. The first-order valence-electron chi connectivity index (χ1n) is 20.2. The number of hydrogen-bond acceptors (Lipinski definition) is 9. The van der Waals surface area contributed by atoms with Gasteiger partial charge in [-0.3, -0.25) is 39.0 Å². The number of nitrogens with one attached hydrogen (secondary N) is 3. The highest BCUT2D eigenvalue weighted by molar-refractivity contribution is 7.99. The number of benzene rings is 3. The molecule has 1 atom stereocenters. The zero-order valence-corrected chi connectivity index (χ0v) is 33.8. The molecule has 2 fully saturated rings. The number of anilines is 1. The Balaban J connectivity index is 0.819. The number of carbonyl (C=O) groups is 6. The molecule has 12 nitrogen and oxygen atoms in total. The summed E-state index contributed by atoms with van der Waals surface area (Å²) in [7, 11) is 0. The number of amides is 5. The standard InChI is InChI=1S/C45H46N6O6S/c1-4-26-22-30-31(45(2,3)41-39(40(30)54)28-13-12-25(24-46)21-32(28)48-41)23-34(26)50-18-16-27(17-19-50)47-36(52)11-6-5-7-20-58-35-10-8-9-29-38(35)44(57)51(43(29)56)33-14-15-37(53)49-42(33)55/h8-10,12-13,21-23,27,33,48H,4-7,11,14-20H2,1-3H3,(H,47,52)(H,49,53,55). The summed E-state index contributed by atoms with van der Waals surface area (Å²) in [6, 6.07) is 16.2. The summed E-state index contributed by atoms with van der Waals surface area (Å²) in [5, 5.41) is 15.8. The van der Waals surface area contributed by atoms with Gasteiger partial charge in [0.1, 0.15) is 6.04 Å². The van der Waals surface area contributed by atoms with Crippen LogP contribution in [0.5, 0.6) is 0 Å². The van der Waals surface area contributed by atoms with Crippen LogP contribution in [0.1, 0.15) is 131 Å². The number of rotatable bonds is 11. The summed E-state index contributed by atoms with van der Waals surface area (Å²) in [6.07, 6.45) is 5.44. The van der Waals surface area contributed by atoms with E-state index >= 15 is 0 Å². The Morgan fingerprint density at radius 2 is 1.74 bits per heavy atom. The lowest BCUT2D eigenvalue weighted by Gasteiger charge is -2.38. The van der Waals surface area contributed by atoms with Crippen molar-refractivity contribution in [2.75, 3.05) is 23.7 Å². The molecule has 3 aromatic carbocycles. The van der Waals surface area contributed by atoms with Gasteiger partial charge in [0.05, 0.1) is 28.3 Å². The van der Waals surface area contributed by atoms with Gasteiger partial charge in [-0.1, -0.05) is 39.3 Å². The lowest BCUT2D eigenvalue weighted by atomic mass is 9.70. The first-order chi connectivity index (χ1) is 27.9. The van der Waals surface area contributed by atoms with Gasteiger partial charge in [-0.05, 0) is 91.8 Å². The van der Waals surface area contributed by atoms with Crippen molar-refractivity contribution in [2.45, 2.75) is 101 Å². The molecule has 3 aliphatic heterocycles. The lowest BCUT2D eigenvalue weighted by Crippen LogP contribution is -2.54. The van der Waals surface area contributed by atoms with Gasteiger partial charge in [-0.25, -0.2) is 0 Å². The fourth-order valence-electron chi connectivity index (χ4n) is 9.07. The molecule has 4 aromatic rings. The van der Waals surface area contributed by atoms with Crippen molar-refractivity contribution in [3.05, 3.63) is 93.2 Å². The first-order valence-corrected chi connectivity index (χ1v) is 21.2. The van der Waals surface area contributed by atoms with Gasteiger partial charge >= 0.3 is 0 Å². The van der Waals surface area contributed by atoms with Gasteiger partial charge in [-0.2, -0.15) is 5.26 Å². The SMILES string of the molecule is CCc1cc2c(cc1N1CCC(NC(=O)CCCCCSc3cccc4c3C(=O)N(C3CCC(=O)NC3=O)C4=O)CC1)C(C)(C)c1[nH]c3cc(C#N)ccc3c1C2=O. The van der Waals surface area contributed by atoms with Crippen LogP contribution < -0.4 is 15.5 Å². The Morgan fingerprint density at radius 3 is 2.48 bits per heavy atom. The van der Waals surface area contributed by atoms with Crippen LogP contribution in [0.2, 0.25) is 0 Å². The zero-order chi connectivity index (χ0) is 40.9. The third kappa shape index (κ3) is 6.87. The van der Waals surface area contributed by atoms with Crippen LogP contribution in [0.3, 0.4) is 0 Å². The van der Waals surface area contributed by atoms with Crippen molar-refractivity contribution < 1.29 is 28.8 Å². The summed E-state index contributed by atoms with van der Waals surface area (Å²) in [5.41, 5.74) is 7.03. The molecule has 3 N–H and O–H groups in total. The lowest BCUT2D eigenvalue weighted by molar-refractivity contribution is -0.136. The van der Waals surface area contributed by atoms with E-state index in [0.29, 0.717) is 33.8 Å². The Morgan fingerprint density at radius 1 is 0.948 bits per heavy atom. The van der Waals surface area contributed by atoms with Crippen LogP contribution in [0.4, 0.5) is 5.69 Å². The van der Waals surface area contributed by atoms with Gasteiger partial charge < -0.3 is 15.2 Å². The van der Waals surface area contributed by atoms with Crippen LogP contribution >= 0.6 is 11.8 Å². The highest BCUT2D eigenvalue weighted by Crippen LogP contribution is 2.46. The van der Waals surface area contributed by atoms with Crippen molar-refractivity contribution in [3.63, 3.8) is 0 Å². The van der Waals surface area contributed by atoms with Crippen molar-refractivity contribution in [2.24, 2.45) is 0 Å². The minimum absolute atomic E-state index is 0.00957. The fraction of sp³-hybridized carbons (Fsp3) is 0.400. The van der Waals surface area contributed by atoms with E-state index in [-0.39, 0.29) is 36.1 Å². The van der Waals surface area contributed by atoms with E-state index in [4.69, 9.17) is 0 Å². The third-order valence-corrected chi connectivity index (χ3v) is 13.4. The van der Waals surface area contributed by atoms with Gasteiger partial charge in [0.15, 0.2) is 5.78 Å². The second-order valence-electron chi connectivity index (χ2n) is 16.2. The monoisotopic (exact) mass is 798 g/mol. The predicted octanol–water partition coefficient (Wildman–Crippen LogP) is 6.31. The molecular weight excluding hydrogens is 753 g/mol. The molecule has 8 rings (SSSR count). The number of carbonyl (C=O) groups excluding carboxylic acids is 6. The van der Waals surface area contributed by atoms with E-state index < -0.39 is 35.1 Å². The number of aromatic nitrogens is 1. The fourth-order valence-corrected chi connectivity index (χ4v) is 10.2.